The molecule has 5 N–H and O–H groups in total. The van der Waals surface area contributed by atoms with Crippen molar-refractivity contribution in [3.63, 3.8) is 0 Å². The SMILES string of the molecule is CNOCc1ccc(NC(=O)CCCCCNC(=O)CCCC(N)=O)cc1. The summed E-state index contributed by atoms with van der Waals surface area (Å²) in [6.07, 6.45) is 3.89. The number of benzene rings is 1. The monoisotopic (exact) mass is 378 g/mol. The summed E-state index contributed by atoms with van der Waals surface area (Å²) in [6.45, 7) is 1.04. The standard InChI is InChI=1S/C19H30N4O4/c1-21-27-14-15-9-11-16(12-10-15)23-19(26)7-3-2-4-13-22-18(25)8-5-6-17(20)24/h9-12,21H,2-8,13-14H2,1H3,(H2,20,24)(H,22,25)(H,23,26). The van der Waals surface area contributed by atoms with Crippen molar-refractivity contribution in [3.05, 3.63) is 29.8 Å². The fraction of sp³-hybridized carbons (Fsp3) is 0.526. The molecule has 0 unspecified atom stereocenters. The van der Waals surface area contributed by atoms with E-state index in [-0.39, 0.29) is 24.1 Å². The van der Waals surface area contributed by atoms with E-state index in [0.717, 1.165) is 30.5 Å². The molecule has 8 nitrogen and oxygen atoms in total. The highest BCUT2D eigenvalue weighted by Gasteiger charge is 2.04. The number of nitrogens with one attached hydrogen (secondary N) is 3. The highest BCUT2D eigenvalue weighted by Crippen LogP contribution is 2.11. The smallest absolute Gasteiger partial charge is 0.224 e. The van der Waals surface area contributed by atoms with Gasteiger partial charge in [0.05, 0.1) is 6.61 Å². The molecule has 1 aromatic carbocycles. The van der Waals surface area contributed by atoms with E-state index in [4.69, 9.17) is 10.6 Å². The Balaban J connectivity index is 2.07. The summed E-state index contributed by atoms with van der Waals surface area (Å²) in [4.78, 5) is 39.1. The van der Waals surface area contributed by atoms with Crippen LogP contribution in [0.25, 0.3) is 0 Å². The number of hydrogen-bond acceptors (Lipinski definition) is 5. The van der Waals surface area contributed by atoms with Crippen LogP contribution >= 0.6 is 0 Å². The molecule has 0 spiro atoms. The zero-order chi connectivity index (χ0) is 19.9. The zero-order valence-corrected chi connectivity index (χ0v) is 15.9. The number of amides is 3. The van der Waals surface area contributed by atoms with E-state index >= 15 is 0 Å². The first-order chi connectivity index (χ1) is 13.0. The number of anilines is 1. The number of rotatable bonds is 14. The molecule has 0 bridgehead atoms. The average Bonchev–Trinajstić information content (AvgIpc) is 2.63. The Morgan fingerprint density at radius 2 is 1.63 bits per heavy atom. The maximum Gasteiger partial charge on any atom is 0.224 e. The first-order valence-corrected chi connectivity index (χ1v) is 9.23. The lowest BCUT2D eigenvalue weighted by molar-refractivity contribution is -0.121. The molecule has 0 aliphatic carbocycles. The molecular weight excluding hydrogens is 348 g/mol. The maximum atomic E-state index is 11.9. The molecule has 0 saturated heterocycles. The normalized spacial score (nSPS) is 10.4. The number of nitrogens with two attached hydrogens (primary N) is 1. The Bertz CT molecular complexity index is 590. The summed E-state index contributed by atoms with van der Waals surface area (Å²) in [6, 6.07) is 7.50. The Morgan fingerprint density at radius 1 is 0.926 bits per heavy atom. The Labute approximate surface area is 160 Å². The van der Waals surface area contributed by atoms with Crippen molar-refractivity contribution >= 4 is 23.4 Å². The van der Waals surface area contributed by atoms with Gasteiger partial charge in [0, 0.05) is 38.5 Å². The molecular formula is C19H30N4O4. The lowest BCUT2D eigenvalue weighted by Crippen LogP contribution is -2.24. The fourth-order valence-corrected chi connectivity index (χ4v) is 2.39. The van der Waals surface area contributed by atoms with Crippen LogP contribution in [0.4, 0.5) is 5.69 Å². The quantitative estimate of drug-likeness (QED) is 0.289. The largest absolute Gasteiger partial charge is 0.370 e. The van der Waals surface area contributed by atoms with Crippen LogP contribution in [0.15, 0.2) is 24.3 Å². The van der Waals surface area contributed by atoms with E-state index in [1.165, 1.54) is 0 Å². The van der Waals surface area contributed by atoms with Gasteiger partial charge >= 0.3 is 0 Å². The summed E-state index contributed by atoms with van der Waals surface area (Å²) in [5, 5.41) is 5.66. The number of hydrogen-bond donors (Lipinski definition) is 4. The Hall–Kier alpha value is -2.45. The summed E-state index contributed by atoms with van der Waals surface area (Å²) in [5.41, 5.74) is 9.40. The third-order valence-electron chi connectivity index (χ3n) is 3.85. The Kier molecular flexibility index (Phi) is 11.5. The van der Waals surface area contributed by atoms with Gasteiger partial charge in [-0.3, -0.25) is 19.2 Å². The second-order valence-electron chi connectivity index (χ2n) is 6.22. The summed E-state index contributed by atoms with van der Waals surface area (Å²) < 4.78 is 0. The zero-order valence-electron chi connectivity index (χ0n) is 15.9. The van der Waals surface area contributed by atoms with Crippen LogP contribution in [-0.4, -0.2) is 31.3 Å². The van der Waals surface area contributed by atoms with E-state index in [1.807, 2.05) is 24.3 Å². The first-order valence-electron chi connectivity index (χ1n) is 9.23. The van der Waals surface area contributed by atoms with Gasteiger partial charge in [-0.15, -0.1) is 0 Å². The molecule has 0 aliphatic heterocycles. The minimum absolute atomic E-state index is 0.0234. The maximum absolute atomic E-state index is 11.9. The van der Waals surface area contributed by atoms with Gasteiger partial charge in [-0.1, -0.05) is 18.6 Å². The van der Waals surface area contributed by atoms with Crippen molar-refractivity contribution in [2.45, 2.75) is 51.6 Å². The molecule has 0 radical (unpaired) electrons. The lowest BCUT2D eigenvalue weighted by Gasteiger charge is -2.07. The number of hydroxylamine groups is 1. The van der Waals surface area contributed by atoms with Crippen LogP contribution in [0.1, 0.15) is 50.5 Å². The van der Waals surface area contributed by atoms with Crippen molar-refractivity contribution in [1.82, 2.24) is 10.8 Å². The fourth-order valence-electron chi connectivity index (χ4n) is 2.39. The molecule has 1 aromatic rings. The number of unbranched alkanes of at least 4 members (excludes halogenated alkanes) is 2. The van der Waals surface area contributed by atoms with Crippen LogP contribution in [0.5, 0.6) is 0 Å². The molecule has 8 heteroatoms. The van der Waals surface area contributed by atoms with Crippen LogP contribution in [0, 0.1) is 0 Å². The van der Waals surface area contributed by atoms with Crippen LogP contribution in [0.2, 0.25) is 0 Å². The van der Waals surface area contributed by atoms with Crippen molar-refractivity contribution in [1.29, 1.82) is 0 Å². The van der Waals surface area contributed by atoms with Gasteiger partial charge in [-0.2, -0.15) is 0 Å². The van der Waals surface area contributed by atoms with Crippen molar-refractivity contribution in [3.8, 4) is 0 Å². The topological polar surface area (TPSA) is 123 Å². The Morgan fingerprint density at radius 3 is 2.30 bits per heavy atom. The first kappa shape index (κ1) is 22.6. The van der Waals surface area contributed by atoms with Gasteiger partial charge < -0.3 is 16.4 Å². The van der Waals surface area contributed by atoms with E-state index in [1.54, 1.807) is 7.05 Å². The van der Waals surface area contributed by atoms with Crippen molar-refractivity contribution < 1.29 is 19.2 Å². The predicted molar refractivity (Wildman–Crippen MR) is 103 cm³/mol. The second-order valence-corrected chi connectivity index (χ2v) is 6.22. The van der Waals surface area contributed by atoms with Gasteiger partial charge in [0.1, 0.15) is 0 Å². The highest BCUT2D eigenvalue weighted by atomic mass is 16.6. The van der Waals surface area contributed by atoms with Crippen molar-refractivity contribution in [2.24, 2.45) is 5.73 Å². The van der Waals surface area contributed by atoms with E-state index in [0.29, 0.717) is 32.4 Å². The third kappa shape index (κ3) is 11.7. The highest BCUT2D eigenvalue weighted by molar-refractivity contribution is 5.90. The molecule has 0 atom stereocenters. The average molecular weight is 378 g/mol. The second kappa shape index (κ2) is 13.7. The van der Waals surface area contributed by atoms with Crippen LogP contribution in [0.3, 0.4) is 0 Å². The summed E-state index contributed by atoms with van der Waals surface area (Å²) in [5.74, 6) is -0.484. The number of carbonyl (C=O) groups is 3. The molecule has 1 rings (SSSR count). The molecule has 0 heterocycles. The lowest BCUT2D eigenvalue weighted by atomic mass is 10.1. The molecule has 0 fully saturated rings. The van der Waals surface area contributed by atoms with Crippen molar-refractivity contribution in [2.75, 3.05) is 18.9 Å². The van der Waals surface area contributed by atoms with E-state index < -0.39 is 0 Å². The molecule has 0 aromatic heterocycles. The van der Waals surface area contributed by atoms with Gasteiger partial charge in [-0.05, 0) is 37.0 Å². The van der Waals surface area contributed by atoms with Gasteiger partial charge in [0.25, 0.3) is 0 Å². The molecule has 0 saturated carbocycles. The predicted octanol–water partition coefficient (Wildman–Crippen LogP) is 1.61. The van der Waals surface area contributed by atoms with E-state index in [2.05, 4.69) is 16.1 Å². The molecule has 150 valence electrons. The summed E-state index contributed by atoms with van der Waals surface area (Å²) >= 11 is 0. The van der Waals surface area contributed by atoms with Crippen LogP contribution in [-0.2, 0) is 25.8 Å². The van der Waals surface area contributed by atoms with Gasteiger partial charge in [-0.25, -0.2) is 5.48 Å². The van der Waals surface area contributed by atoms with Gasteiger partial charge in [0.15, 0.2) is 0 Å². The minimum atomic E-state index is -0.389. The minimum Gasteiger partial charge on any atom is -0.370 e. The number of primary amides is 1. The molecule has 3 amide bonds. The molecule has 27 heavy (non-hydrogen) atoms. The number of carbonyl (C=O) groups excluding carboxylic acids is 3. The third-order valence-corrected chi connectivity index (χ3v) is 3.85. The van der Waals surface area contributed by atoms with Gasteiger partial charge in [0.2, 0.25) is 17.7 Å². The molecule has 0 aliphatic rings. The van der Waals surface area contributed by atoms with Crippen LogP contribution < -0.4 is 21.8 Å². The van der Waals surface area contributed by atoms with E-state index in [9.17, 15) is 14.4 Å². The summed E-state index contributed by atoms with van der Waals surface area (Å²) in [7, 11) is 1.70.